The van der Waals surface area contributed by atoms with Gasteiger partial charge < -0.3 is 10.3 Å². The predicted molar refractivity (Wildman–Crippen MR) is 65.3 cm³/mol. The van der Waals surface area contributed by atoms with Crippen molar-refractivity contribution in [3.8, 4) is 0 Å². The summed E-state index contributed by atoms with van der Waals surface area (Å²) in [6.45, 7) is 16.2. The van der Waals surface area contributed by atoms with Crippen molar-refractivity contribution >= 4 is 12.6 Å². The monoisotopic (exact) mass is 212 g/mol. The Morgan fingerprint density at radius 2 is 1.80 bits per heavy atom. The lowest BCUT2D eigenvalue weighted by Gasteiger charge is -2.40. The van der Waals surface area contributed by atoms with Gasteiger partial charge in [-0.25, -0.2) is 0 Å². The number of hydrogen-bond acceptors (Lipinski definition) is 2. The number of carbonyl (C=O) groups is 1. The van der Waals surface area contributed by atoms with Gasteiger partial charge in [0.1, 0.15) is 0 Å². The van der Waals surface area contributed by atoms with Crippen LogP contribution < -0.4 is 5.32 Å². The third-order valence-electron chi connectivity index (χ3n) is 3.16. The Morgan fingerprint density at radius 1 is 1.33 bits per heavy atom. The molecule has 0 radical (unpaired) electrons. The van der Waals surface area contributed by atoms with E-state index in [0.29, 0.717) is 6.54 Å². The molecule has 3 nitrogen and oxygen atoms in total. The van der Waals surface area contributed by atoms with Crippen molar-refractivity contribution in [2.24, 2.45) is 16.3 Å². The van der Waals surface area contributed by atoms with Gasteiger partial charge in [0.25, 0.3) is 0 Å². The van der Waals surface area contributed by atoms with Gasteiger partial charge in [-0.1, -0.05) is 27.7 Å². The summed E-state index contributed by atoms with van der Waals surface area (Å²) >= 11 is 0. The topological polar surface area (TPSA) is 41.5 Å². The Hall–Kier alpha value is -0.860. The van der Waals surface area contributed by atoms with E-state index in [1.807, 2.05) is 20.8 Å². The molecule has 15 heavy (non-hydrogen) atoms. The average molecular weight is 212 g/mol. The average Bonchev–Trinajstić information content (AvgIpc) is 2.01. The number of amides is 1. The van der Waals surface area contributed by atoms with Crippen LogP contribution in [0.5, 0.6) is 0 Å². The van der Waals surface area contributed by atoms with E-state index in [4.69, 9.17) is 0 Å². The molecule has 0 aliphatic rings. The fraction of sp³-hybridized carbons (Fsp3) is 0.833. The maximum Gasteiger partial charge on any atom is 0.225 e. The minimum Gasteiger partial charge on any atom is -0.350 e. The van der Waals surface area contributed by atoms with Crippen molar-refractivity contribution in [2.75, 3.05) is 6.54 Å². The standard InChI is InChI=1S/C12H24N2O/c1-9(8-13-7)10(15)14-12(5,6)11(2,3)4/h9H,7-8H2,1-6H3,(H,14,15). The molecule has 0 spiro atoms. The van der Waals surface area contributed by atoms with Crippen molar-refractivity contribution < 1.29 is 4.79 Å². The largest absolute Gasteiger partial charge is 0.350 e. The van der Waals surface area contributed by atoms with Gasteiger partial charge >= 0.3 is 0 Å². The third kappa shape index (κ3) is 4.02. The Bertz CT molecular complexity index is 238. The van der Waals surface area contributed by atoms with E-state index in [1.165, 1.54) is 0 Å². The second kappa shape index (κ2) is 4.77. The van der Waals surface area contributed by atoms with Crippen LogP contribution >= 0.6 is 0 Å². The second-order valence-electron chi connectivity index (χ2n) is 5.67. The summed E-state index contributed by atoms with van der Waals surface area (Å²) in [6, 6.07) is 0. The lowest BCUT2D eigenvalue weighted by atomic mass is 9.76. The quantitative estimate of drug-likeness (QED) is 0.714. The first-order valence-electron chi connectivity index (χ1n) is 5.36. The van der Waals surface area contributed by atoms with Gasteiger partial charge in [-0.05, 0) is 26.0 Å². The second-order valence-corrected chi connectivity index (χ2v) is 5.67. The molecule has 0 bridgehead atoms. The molecule has 0 heterocycles. The Labute approximate surface area is 93.4 Å². The van der Waals surface area contributed by atoms with Gasteiger partial charge in [-0.15, -0.1) is 0 Å². The van der Waals surface area contributed by atoms with Crippen LogP contribution in [0.25, 0.3) is 0 Å². The summed E-state index contributed by atoms with van der Waals surface area (Å²) in [7, 11) is 0. The van der Waals surface area contributed by atoms with E-state index in [-0.39, 0.29) is 22.8 Å². The molecular formula is C12H24N2O. The SMILES string of the molecule is C=NCC(C)C(=O)NC(C)(C)C(C)(C)C. The first-order chi connectivity index (χ1) is 6.62. The summed E-state index contributed by atoms with van der Waals surface area (Å²) in [6.07, 6.45) is 0. The van der Waals surface area contributed by atoms with Crippen LogP contribution in [0.3, 0.4) is 0 Å². The van der Waals surface area contributed by atoms with Crippen LogP contribution in [-0.2, 0) is 4.79 Å². The molecule has 0 fully saturated rings. The van der Waals surface area contributed by atoms with E-state index >= 15 is 0 Å². The molecule has 0 aromatic heterocycles. The zero-order chi connectivity index (χ0) is 12.3. The molecule has 88 valence electrons. The molecule has 0 saturated carbocycles. The highest BCUT2D eigenvalue weighted by atomic mass is 16.2. The lowest BCUT2D eigenvalue weighted by molar-refractivity contribution is -0.127. The fourth-order valence-electron chi connectivity index (χ4n) is 0.895. The summed E-state index contributed by atoms with van der Waals surface area (Å²) in [5.74, 6) is -0.0635. The first-order valence-corrected chi connectivity index (χ1v) is 5.36. The van der Waals surface area contributed by atoms with Gasteiger partial charge in [-0.2, -0.15) is 0 Å². The maximum absolute atomic E-state index is 11.8. The zero-order valence-electron chi connectivity index (χ0n) is 10.8. The number of hydrogen-bond donors (Lipinski definition) is 1. The number of nitrogens with one attached hydrogen (secondary N) is 1. The highest BCUT2D eigenvalue weighted by Crippen LogP contribution is 2.29. The molecule has 0 aromatic rings. The van der Waals surface area contributed by atoms with Crippen LogP contribution in [0.4, 0.5) is 0 Å². The van der Waals surface area contributed by atoms with Gasteiger partial charge in [0.05, 0.1) is 5.92 Å². The lowest BCUT2D eigenvalue weighted by Crippen LogP contribution is -2.54. The van der Waals surface area contributed by atoms with Crippen LogP contribution in [0.2, 0.25) is 0 Å². The number of nitrogens with zero attached hydrogens (tertiary/aromatic N) is 1. The zero-order valence-corrected chi connectivity index (χ0v) is 10.8. The highest BCUT2D eigenvalue weighted by Gasteiger charge is 2.34. The van der Waals surface area contributed by atoms with Crippen molar-refractivity contribution in [1.82, 2.24) is 5.32 Å². The molecule has 0 rings (SSSR count). The number of aliphatic imine (C=N–C) groups is 1. The van der Waals surface area contributed by atoms with Gasteiger partial charge in [0, 0.05) is 12.1 Å². The molecule has 1 N–H and O–H groups in total. The Balaban J connectivity index is 4.47. The smallest absolute Gasteiger partial charge is 0.225 e. The highest BCUT2D eigenvalue weighted by molar-refractivity contribution is 5.79. The normalized spacial score (nSPS) is 14.5. The van der Waals surface area contributed by atoms with Crippen LogP contribution in [0.15, 0.2) is 4.99 Å². The first kappa shape index (κ1) is 14.1. The van der Waals surface area contributed by atoms with E-state index < -0.39 is 0 Å². The number of rotatable bonds is 4. The van der Waals surface area contributed by atoms with Gasteiger partial charge in [0.15, 0.2) is 0 Å². The van der Waals surface area contributed by atoms with E-state index in [1.54, 1.807) is 0 Å². The Kier molecular flexibility index (Phi) is 4.50. The van der Waals surface area contributed by atoms with Crippen LogP contribution in [0, 0.1) is 11.3 Å². The molecule has 0 saturated heterocycles. The minimum atomic E-state index is -0.223. The van der Waals surface area contributed by atoms with Gasteiger partial charge in [0.2, 0.25) is 5.91 Å². The van der Waals surface area contributed by atoms with Crippen LogP contribution in [-0.4, -0.2) is 24.7 Å². The third-order valence-corrected chi connectivity index (χ3v) is 3.16. The molecule has 0 aromatic carbocycles. The van der Waals surface area contributed by atoms with Gasteiger partial charge in [-0.3, -0.25) is 4.79 Å². The molecular weight excluding hydrogens is 188 g/mol. The molecule has 1 unspecified atom stereocenters. The van der Waals surface area contributed by atoms with Crippen molar-refractivity contribution in [3.63, 3.8) is 0 Å². The maximum atomic E-state index is 11.8. The van der Waals surface area contributed by atoms with E-state index in [9.17, 15) is 4.79 Å². The predicted octanol–water partition coefficient (Wildman–Crippen LogP) is 2.26. The summed E-state index contributed by atoms with van der Waals surface area (Å²) in [5.41, 5.74) is -0.191. The van der Waals surface area contributed by atoms with Crippen molar-refractivity contribution in [1.29, 1.82) is 0 Å². The molecule has 1 atom stereocenters. The van der Waals surface area contributed by atoms with Crippen molar-refractivity contribution in [2.45, 2.75) is 47.1 Å². The fourth-order valence-corrected chi connectivity index (χ4v) is 0.895. The molecule has 1 amide bonds. The minimum absolute atomic E-state index is 0.0317. The van der Waals surface area contributed by atoms with E-state index in [2.05, 4.69) is 37.8 Å². The molecule has 3 heteroatoms. The number of carbonyl (C=O) groups excluding carboxylic acids is 1. The summed E-state index contributed by atoms with van der Waals surface area (Å²) < 4.78 is 0. The van der Waals surface area contributed by atoms with Crippen LogP contribution in [0.1, 0.15) is 41.5 Å². The molecule has 0 aliphatic heterocycles. The van der Waals surface area contributed by atoms with E-state index in [0.717, 1.165) is 0 Å². The summed E-state index contributed by atoms with van der Waals surface area (Å²) in [5, 5.41) is 3.05. The van der Waals surface area contributed by atoms with Crippen molar-refractivity contribution in [3.05, 3.63) is 0 Å². The Morgan fingerprint density at radius 3 is 2.13 bits per heavy atom. The molecule has 0 aliphatic carbocycles. The summed E-state index contributed by atoms with van der Waals surface area (Å²) in [4.78, 5) is 15.5.